The van der Waals surface area contributed by atoms with Crippen LogP contribution in [0, 0.1) is 0 Å². The van der Waals surface area contributed by atoms with Gasteiger partial charge in [-0.2, -0.15) is 0 Å². The molecule has 0 radical (unpaired) electrons. The molecule has 19 heavy (non-hydrogen) atoms. The minimum atomic E-state index is -0.00213. The van der Waals surface area contributed by atoms with E-state index < -0.39 is 0 Å². The largest absolute Gasteiger partial charge is 0.508 e. The van der Waals surface area contributed by atoms with Crippen molar-refractivity contribution in [1.82, 2.24) is 10.2 Å². The Labute approximate surface area is 119 Å². The van der Waals surface area contributed by atoms with E-state index in [1.54, 1.807) is 12.1 Å². The van der Waals surface area contributed by atoms with Crippen molar-refractivity contribution >= 4 is 12.4 Å². The van der Waals surface area contributed by atoms with E-state index in [-0.39, 0.29) is 36.6 Å². The van der Waals surface area contributed by atoms with Gasteiger partial charge < -0.3 is 20.6 Å². The van der Waals surface area contributed by atoms with Crippen LogP contribution in [0.5, 0.6) is 11.5 Å². The Hall–Kier alpha value is -1.01. The van der Waals surface area contributed by atoms with Crippen LogP contribution in [0.15, 0.2) is 18.2 Å². The lowest BCUT2D eigenvalue weighted by molar-refractivity contribution is 0.139. The second-order valence-corrected chi connectivity index (χ2v) is 4.56. The maximum Gasteiger partial charge on any atom is 0.124 e. The van der Waals surface area contributed by atoms with Crippen LogP contribution in [0.2, 0.25) is 0 Å². The molecule has 1 saturated heterocycles. The second-order valence-electron chi connectivity index (χ2n) is 4.56. The molecule has 0 amide bonds. The number of halogens is 1. The van der Waals surface area contributed by atoms with E-state index in [1.165, 1.54) is 6.07 Å². The van der Waals surface area contributed by atoms with E-state index in [4.69, 9.17) is 0 Å². The van der Waals surface area contributed by atoms with Gasteiger partial charge in [-0.15, -0.1) is 12.4 Å². The standard InChI is InChI=1S/C13H20N2O3.ClH/c16-8-3-12(15-6-4-14-5-7-15)11-2-1-10(17)9-13(11)18;/h1-2,9,12,14,16-18H,3-8H2;1H/t12-;/m1./s1. The number of phenols is 2. The SMILES string of the molecule is Cl.OCC[C@H](c1ccc(O)cc1O)N1CCNCC1. The number of rotatable bonds is 4. The van der Waals surface area contributed by atoms with Crippen LogP contribution in [0.3, 0.4) is 0 Å². The fraction of sp³-hybridized carbons (Fsp3) is 0.538. The monoisotopic (exact) mass is 288 g/mol. The lowest BCUT2D eigenvalue weighted by Gasteiger charge is -2.35. The minimum Gasteiger partial charge on any atom is -0.508 e. The Balaban J connectivity index is 0.00000180. The average molecular weight is 289 g/mol. The van der Waals surface area contributed by atoms with Gasteiger partial charge in [-0.25, -0.2) is 0 Å². The third-order valence-corrected chi connectivity index (χ3v) is 3.37. The highest BCUT2D eigenvalue weighted by Crippen LogP contribution is 2.33. The number of hydrogen-bond acceptors (Lipinski definition) is 5. The molecule has 0 bridgehead atoms. The fourth-order valence-corrected chi connectivity index (χ4v) is 2.46. The number of phenolic OH excluding ortho intramolecular Hbond substituents is 2. The molecule has 2 rings (SSSR count). The quantitative estimate of drug-likeness (QED) is 0.661. The van der Waals surface area contributed by atoms with Gasteiger partial charge in [-0.05, 0) is 12.5 Å². The van der Waals surface area contributed by atoms with Crippen molar-refractivity contribution in [3.05, 3.63) is 23.8 Å². The number of benzene rings is 1. The van der Waals surface area contributed by atoms with E-state index in [2.05, 4.69) is 10.2 Å². The van der Waals surface area contributed by atoms with Gasteiger partial charge in [0.25, 0.3) is 0 Å². The maximum absolute atomic E-state index is 9.94. The van der Waals surface area contributed by atoms with Crippen molar-refractivity contribution in [1.29, 1.82) is 0 Å². The van der Waals surface area contributed by atoms with E-state index in [0.29, 0.717) is 6.42 Å². The molecule has 6 heteroatoms. The molecule has 108 valence electrons. The smallest absolute Gasteiger partial charge is 0.124 e. The molecule has 1 atom stereocenters. The maximum atomic E-state index is 9.94. The summed E-state index contributed by atoms with van der Waals surface area (Å²) >= 11 is 0. The van der Waals surface area contributed by atoms with E-state index >= 15 is 0 Å². The summed E-state index contributed by atoms with van der Waals surface area (Å²) < 4.78 is 0. The van der Waals surface area contributed by atoms with Gasteiger partial charge in [0.2, 0.25) is 0 Å². The highest BCUT2D eigenvalue weighted by atomic mass is 35.5. The first kappa shape index (κ1) is 16.0. The zero-order valence-electron chi connectivity index (χ0n) is 10.7. The third-order valence-electron chi connectivity index (χ3n) is 3.37. The van der Waals surface area contributed by atoms with E-state index in [9.17, 15) is 15.3 Å². The number of hydrogen-bond donors (Lipinski definition) is 4. The van der Waals surface area contributed by atoms with Crippen LogP contribution in [-0.4, -0.2) is 53.0 Å². The fourth-order valence-electron chi connectivity index (χ4n) is 2.46. The molecular formula is C13H21ClN2O3. The summed E-state index contributed by atoms with van der Waals surface area (Å²) in [6, 6.07) is 4.65. The summed E-state index contributed by atoms with van der Waals surface area (Å²) in [5, 5.41) is 31.7. The molecular weight excluding hydrogens is 268 g/mol. The van der Waals surface area contributed by atoms with Crippen LogP contribution in [0.25, 0.3) is 0 Å². The summed E-state index contributed by atoms with van der Waals surface area (Å²) in [6.07, 6.45) is 0.582. The predicted molar refractivity (Wildman–Crippen MR) is 75.9 cm³/mol. The predicted octanol–water partition coefficient (Wildman–Crippen LogP) is 0.848. The summed E-state index contributed by atoms with van der Waals surface area (Å²) in [7, 11) is 0. The van der Waals surface area contributed by atoms with Crippen molar-refractivity contribution in [3.8, 4) is 11.5 Å². The number of aliphatic hydroxyl groups excluding tert-OH is 1. The Bertz CT molecular complexity index is 397. The summed E-state index contributed by atoms with van der Waals surface area (Å²) in [4.78, 5) is 2.25. The molecule has 0 aromatic heterocycles. The summed E-state index contributed by atoms with van der Waals surface area (Å²) in [6.45, 7) is 3.70. The first-order valence-corrected chi connectivity index (χ1v) is 6.30. The number of aromatic hydroxyl groups is 2. The minimum absolute atomic E-state index is 0. The van der Waals surface area contributed by atoms with Crippen molar-refractivity contribution in [2.24, 2.45) is 0 Å². The molecule has 1 aliphatic heterocycles. The van der Waals surface area contributed by atoms with Crippen molar-refractivity contribution in [2.75, 3.05) is 32.8 Å². The molecule has 1 fully saturated rings. The highest BCUT2D eigenvalue weighted by Gasteiger charge is 2.24. The van der Waals surface area contributed by atoms with Crippen LogP contribution < -0.4 is 5.32 Å². The van der Waals surface area contributed by atoms with Gasteiger partial charge >= 0.3 is 0 Å². The topological polar surface area (TPSA) is 76.0 Å². The van der Waals surface area contributed by atoms with Crippen LogP contribution in [0.1, 0.15) is 18.0 Å². The van der Waals surface area contributed by atoms with Gasteiger partial charge in [0, 0.05) is 50.5 Å². The van der Waals surface area contributed by atoms with Crippen LogP contribution in [-0.2, 0) is 0 Å². The number of aliphatic hydroxyl groups is 1. The van der Waals surface area contributed by atoms with Crippen molar-refractivity contribution in [3.63, 3.8) is 0 Å². The molecule has 4 N–H and O–H groups in total. The summed E-state index contributed by atoms with van der Waals surface area (Å²) in [5.41, 5.74) is 0.767. The lowest BCUT2D eigenvalue weighted by atomic mass is 10.00. The Kier molecular flexibility index (Phi) is 6.37. The Morgan fingerprint density at radius 1 is 1.21 bits per heavy atom. The lowest BCUT2D eigenvalue weighted by Crippen LogP contribution is -2.45. The zero-order chi connectivity index (χ0) is 13.0. The molecule has 1 heterocycles. The van der Waals surface area contributed by atoms with Gasteiger partial charge in [0.05, 0.1) is 0 Å². The zero-order valence-corrected chi connectivity index (χ0v) is 11.6. The number of piperazine rings is 1. The normalized spacial score (nSPS) is 17.7. The summed E-state index contributed by atoms with van der Waals surface area (Å²) in [5.74, 6) is 0.145. The molecule has 0 unspecified atom stereocenters. The third kappa shape index (κ3) is 3.98. The van der Waals surface area contributed by atoms with Crippen LogP contribution in [0.4, 0.5) is 0 Å². The molecule has 0 saturated carbocycles. The molecule has 0 aliphatic carbocycles. The Morgan fingerprint density at radius 2 is 1.89 bits per heavy atom. The average Bonchev–Trinajstić information content (AvgIpc) is 2.38. The number of nitrogens with one attached hydrogen (secondary N) is 1. The first-order valence-electron chi connectivity index (χ1n) is 6.30. The molecule has 1 aromatic carbocycles. The van der Waals surface area contributed by atoms with Crippen LogP contribution >= 0.6 is 12.4 Å². The van der Waals surface area contributed by atoms with E-state index in [0.717, 1.165) is 31.7 Å². The van der Waals surface area contributed by atoms with Gasteiger partial charge in [0.15, 0.2) is 0 Å². The van der Waals surface area contributed by atoms with Gasteiger partial charge in [-0.3, -0.25) is 4.90 Å². The van der Waals surface area contributed by atoms with E-state index in [1.807, 2.05) is 0 Å². The molecule has 1 aromatic rings. The molecule has 5 nitrogen and oxygen atoms in total. The second kappa shape index (κ2) is 7.55. The Morgan fingerprint density at radius 3 is 2.47 bits per heavy atom. The molecule has 1 aliphatic rings. The highest BCUT2D eigenvalue weighted by molar-refractivity contribution is 5.85. The molecule has 0 spiro atoms. The van der Waals surface area contributed by atoms with Crippen molar-refractivity contribution < 1.29 is 15.3 Å². The first-order chi connectivity index (χ1) is 8.72. The van der Waals surface area contributed by atoms with Gasteiger partial charge in [-0.1, -0.05) is 6.07 Å². The van der Waals surface area contributed by atoms with Gasteiger partial charge in [0.1, 0.15) is 11.5 Å². The van der Waals surface area contributed by atoms with Crippen molar-refractivity contribution in [2.45, 2.75) is 12.5 Å². The number of nitrogens with zero attached hydrogens (tertiary/aromatic N) is 1.